The summed E-state index contributed by atoms with van der Waals surface area (Å²) >= 11 is 0. The molecule has 0 aliphatic rings. The van der Waals surface area contributed by atoms with Crippen LogP contribution in [0.4, 0.5) is 11.4 Å². The fraction of sp³-hybridized carbons (Fsp3) is 0.208. The number of carbonyl (C=O) groups excluding carboxylic acids is 2. The number of aromatic hydroxyl groups is 1. The topological polar surface area (TPSA) is 217 Å². The molecule has 7 rings (SSSR count). The van der Waals surface area contributed by atoms with Crippen LogP contribution in [0.5, 0.6) is 11.5 Å². The average Bonchev–Trinajstić information content (AvgIpc) is 3.25. The summed E-state index contributed by atoms with van der Waals surface area (Å²) in [7, 11) is -0.931. The molecule has 14 nitrogen and oxygen atoms in total. The number of amides is 2. The molecule has 2 amide bonds. The van der Waals surface area contributed by atoms with Crippen LogP contribution in [-0.4, -0.2) is 71.6 Å². The highest BCUT2D eigenvalue weighted by atomic mass is 32.2. The lowest BCUT2D eigenvalue weighted by Gasteiger charge is -2.28. The molecule has 63 heavy (non-hydrogen) atoms. The monoisotopic (exact) mass is 868 g/mol. The highest BCUT2D eigenvalue weighted by Crippen LogP contribution is 2.35. The van der Waals surface area contributed by atoms with E-state index in [1.54, 1.807) is 80.7 Å². The van der Waals surface area contributed by atoms with Gasteiger partial charge in [0, 0.05) is 66.0 Å². The molecule has 7 aromatic rings. The minimum Gasteiger partial charge on any atom is -0.506 e. The molecule has 2 heterocycles. The van der Waals surface area contributed by atoms with Gasteiger partial charge in [0.05, 0.1) is 45.3 Å². The van der Waals surface area contributed by atoms with Crippen LogP contribution in [-0.2, 0) is 22.8 Å². The first kappa shape index (κ1) is 44.0. The number of aliphatic hydroxyl groups is 1. The van der Waals surface area contributed by atoms with Crippen molar-refractivity contribution < 1.29 is 33.0 Å². The number of ether oxygens (including phenoxy) is 1. The lowest BCUT2D eigenvalue weighted by Crippen LogP contribution is -2.43. The maximum Gasteiger partial charge on any atom is 0.253 e. The van der Waals surface area contributed by atoms with Crippen molar-refractivity contribution in [1.82, 2.24) is 20.2 Å². The number of primary amides is 1. The zero-order valence-electron chi connectivity index (χ0n) is 35.4. The number of nitrogens with zero attached hydrogens (tertiary/aromatic N) is 2. The molecular formula is C48H48N6O8S. The number of sulfone groups is 1. The lowest BCUT2D eigenvalue weighted by molar-refractivity contribution is 0.0784. The summed E-state index contributed by atoms with van der Waals surface area (Å²) in [5.41, 5.74) is 9.64. The van der Waals surface area contributed by atoms with Gasteiger partial charge in [0.15, 0.2) is 0 Å². The second-order valence-electron chi connectivity index (χ2n) is 16.2. The smallest absolute Gasteiger partial charge is 0.253 e. The number of phenolic OH excluding ortho intramolecular Hbond substituents is 1. The first-order valence-corrected chi connectivity index (χ1v) is 21.5. The Hall–Kier alpha value is -7.07. The van der Waals surface area contributed by atoms with E-state index in [2.05, 4.69) is 20.6 Å². The normalized spacial score (nSPS) is 12.3. The van der Waals surface area contributed by atoms with Gasteiger partial charge in [-0.1, -0.05) is 36.4 Å². The maximum atomic E-state index is 14.3. The van der Waals surface area contributed by atoms with Gasteiger partial charge in [-0.2, -0.15) is 0 Å². The van der Waals surface area contributed by atoms with Crippen LogP contribution in [0.2, 0.25) is 0 Å². The number of H-pyrrole nitrogens is 1. The number of hydrogen-bond acceptors (Lipinski definition) is 11. The van der Waals surface area contributed by atoms with Gasteiger partial charge in [0.25, 0.3) is 11.8 Å². The molecule has 0 aliphatic heterocycles. The third-order valence-electron chi connectivity index (χ3n) is 10.9. The number of aryl methyl sites for hydroxylation is 1. The van der Waals surface area contributed by atoms with Crippen molar-refractivity contribution in [3.8, 4) is 11.5 Å². The van der Waals surface area contributed by atoms with Crippen LogP contribution < -0.4 is 26.7 Å². The Morgan fingerprint density at radius 2 is 1.67 bits per heavy atom. The number of rotatable bonds is 15. The molecular weight excluding hydrogens is 821 g/mol. The number of carbonyl (C=O) groups is 2. The van der Waals surface area contributed by atoms with Crippen molar-refractivity contribution in [2.75, 3.05) is 26.0 Å². The largest absolute Gasteiger partial charge is 0.506 e. The summed E-state index contributed by atoms with van der Waals surface area (Å²) in [5.74, 6) is -0.516. The zero-order chi connectivity index (χ0) is 45.2. The van der Waals surface area contributed by atoms with Crippen LogP contribution in [0.15, 0.2) is 130 Å². The Morgan fingerprint density at radius 3 is 2.43 bits per heavy atom. The number of methoxy groups -OCH3 is 1. The van der Waals surface area contributed by atoms with E-state index in [4.69, 9.17) is 10.5 Å². The summed E-state index contributed by atoms with van der Waals surface area (Å²) in [6.07, 6.45) is 0.937. The minimum atomic E-state index is -4.12. The van der Waals surface area contributed by atoms with E-state index in [1.807, 2.05) is 32.0 Å². The summed E-state index contributed by atoms with van der Waals surface area (Å²) in [5, 5.41) is 28.9. The van der Waals surface area contributed by atoms with Crippen LogP contribution >= 0.6 is 0 Å². The quantitative estimate of drug-likeness (QED) is 0.0638. The minimum absolute atomic E-state index is 0.0126. The van der Waals surface area contributed by atoms with E-state index in [0.29, 0.717) is 62.1 Å². The Morgan fingerprint density at radius 1 is 0.921 bits per heavy atom. The number of fused-ring (bicyclic) bond motifs is 2. The summed E-state index contributed by atoms with van der Waals surface area (Å²) in [6.45, 7) is 6.02. The van der Waals surface area contributed by atoms with E-state index in [0.717, 1.165) is 5.56 Å². The van der Waals surface area contributed by atoms with Gasteiger partial charge in [0.1, 0.15) is 11.5 Å². The zero-order valence-corrected chi connectivity index (χ0v) is 36.2. The Kier molecular flexibility index (Phi) is 12.4. The Labute approximate surface area is 364 Å². The molecule has 0 spiro atoms. The van der Waals surface area contributed by atoms with Gasteiger partial charge in [-0.3, -0.25) is 19.4 Å². The second-order valence-corrected chi connectivity index (χ2v) is 18.1. The number of hydrogen-bond donors (Lipinski definition) is 6. The lowest BCUT2D eigenvalue weighted by atomic mass is 9.93. The number of phenols is 1. The molecule has 324 valence electrons. The van der Waals surface area contributed by atoms with Gasteiger partial charge >= 0.3 is 0 Å². The summed E-state index contributed by atoms with van der Waals surface area (Å²) in [4.78, 5) is 46.8. The van der Waals surface area contributed by atoms with Crippen molar-refractivity contribution in [3.63, 3.8) is 0 Å². The fourth-order valence-electron chi connectivity index (χ4n) is 7.70. The maximum absolute atomic E-state index is 14.3. The molecule has 0 aliphatic carbocycles. The number of anilines is 2. The van der Waals surface area contributed by atoms with Gasteiger partial charge in [0.2, 0.25) is 15.4 Å². The van der Waals surface area contributed by atoms with Crippen molar-refractivity contribution in [3.05, 3.63) is 159 Å². The first-order valence-electron chi connectivity index (χ1n) is 20.0. The first-order chi connectivity index (χ1) is 29.9. The highest BCUT2D eigenvalue weighted by Gasteiger charge is 2.25. The SMILES string of the molecule is COc1cccc(Nc2c(C(N)=O)cnc3c(C)cc(S(=O)(=O)c4cccc(CN(C)C(=O)c5cccc(CC(C)(C)NCC(O)c6ccc(O)c7[nH]c(=O)ccc67)c5)c4)cc23)c1. The molecule has 0 bridgehead atoms. The van der Waals surface area contributed by atoms with E-state index < -0.39 is 27.4 Å². The molecule has 0 fully saturated rings. The number of aromatic nitrogens is 2. The number of aromatic amines is 1. The number of nitrogens with two attached hydrogens (primary N) is 1. The third kappa shape index (κ3) is 9.55. The van der Waals surface area contributed by atoms with Gasteiger partial charge < -0.3 is 41.2 Å². The molecule has 1 atom stereocenters. The average molecular weight is 869 g/mol. The van der Waals surface area contributed by atoms with E-state index in [9.17, 15) is 33.0 Å². The van der Waals surface area contributed by atoms with Crippen molar-refractivity contribution >= 4 is 54.8 Å². The van der Waals surface area contributed by atoms with Crippen LogP contribution in [0.1, 0.15) is 62.9 Å². The van der Waals surface area contributed by atoms with Gasteiger partial charge in [-0.15, -0.1) is 0 Å². The molecule has 0 saturated carbocycles. The molecule has 15 heteroatoms. The standard InChI is InChI=1S/C48H48N6O8S/c1-28-19-35(23-38-43(28)50-25-39(46(49)58)44(38)52-32-12-8-13-33(22-32)62-5)63(60,61)34-14-7-10-30(21-34)27-54(4)47(59)31-11-6-9-29(20-31)24-48(2,3)51-26-41(56)36-15-17-40(55)45-37(36)16-18-42(57)53-45/h6-23,25,41,51,55-56H,24,26-27H2,1-5H3,(H2,49,58)(H,50,52)(H,53,57). The highest BCUT2D eigenvalue weighted by molar-refractivity contribution is 7.91. The molecule has 5 aromatic carbocycles. The molecule has 1 unspecified atom stereocenters. The number of pyridine rings is 2. The predicted octanol–water partition coefficient (Wildman–Crippen LogP) is 6.69. The Bertz CT molecular complexity index is 3080. The van der Waals surface area contributed by atoms with Crippen molar-refractivity contribution in [1.29, 1.82) is 0 Å². The van der Waals surface area contributed by atoms with E-state index in [1.165, 1.54) is 42.5 Å². The second kappa shape index (κ2) is 17.7. The molecule has 0 radical (unpaired) electrons. The third-order valence-corrected chi connectivity index (χ3v) is 12.6. The van der Waals surface area contributed by atoms with Gasteiger partial charge in [-0.05, 0) is 110 Å². The predicted molar refractivity (Wildman–Crippen MR) is 242 cm³/mol. The summed E-state index contributed by atoms with van der Waals surface area (Å²) < 4.78 is 34.0. The van der Waals surface area contributed by atoms with Gasteiger partial charge in [-0.25, -0.2) is 8.42 Å². The van der Waals surface area contributed by atoms with Crippen LogP contribution in [0.3, 0.4) is 0 Å². The Balaban J connectivity index is 1.06. The molecule has 0 saturated heterocycles. The molecule has 7 N–H and O–H groups in total. The van der Waals surface area contributed by atoms with Crippen LogP contribution in [0, 0.1) is 6.92 Å². The summed E-state index contributed by atoms with van der Waals surface area (Å²) in [6, 6.07) is 29.8. The number of nitrogens with one attached hydrogen (secondary N) is 3. The number of benzene rings is 5. The van der Waals surface area contributed by atoms with Crippen molar-refractivity contribution in [2.45, 2.75) is 55.2 Å². The molecule has 2 aromatic heterocycles. The van der Waals surface area contributed by atoms with Crippen molar-refractivity contribution in [2.24, 2.45) is 5.73 Å². The number of aliphatic hydroxyl groups excluding tert-OH is 1. The van der Waals surface area contributed by atoms with Crippen LogP contribution in [0.25, 0.3) is 21.8 Å². The number of β-amino-alcohol motifs (C(OH)–C–C–N with tert-alkyl or cyclic N) is 1. The fourth-order valence-corrected chi connectivity index (χ4v) is 9.14. The van der Waals surface area contributed by atoms with E-state index in [-0.39, 0.29) is 51.2 Å². The van der Waals surface area contributed by atoms with E-state index >= 15 is 0 Å².